The number of carbonyl (C=O) groups excluding carboxylic acids is 1. The standard InChI is InChI=1S/C23H29N3O5S/c1-16-11-20(17(2)26(16)18-3-4-22-23(12-18)31-15-30-22)21(27)13-24-6-8-25(9-7-24)19-5-10-32(28,29)14-19/h3-4,11-12,19H,5-10,13-15H2,1-2H3/t19-/m0/s1. The molecule has 2 fully saturated rings. The Morgan fingerprint density at radius 3 is 2.53 bits per heavy atom. The highest BCUT2D eigenvalue weighted by Gasteiger charge is 2.34. The number of hydrogen-bond donors (Lipinski definition) is 0. The lowest BCUT2D eigenvalue weighted by atomic mass is 10.1. The van der Waals surface area contributed by atoms with Gasteiger partial charge in [0, 0.05) is 60.9 Å². The van der Waals surface area contributed by atoms with Crippen molar-refractivity contribution in [1.29, 1.82) is 0 Å². The first-order valence-corrected chi connectivity index (χ1v) is 12.9. The van der Waals surface area contributed by atoms with Crippen LogP contribution in [0.3, 0.4) is 0 Å². The Morgan fingerprint density at radius 1 is 1.06 bits per heavy atom. The minimum absolute atomic E-state index is 0.113. The fourth-order valence-electron chi connectivity index (χ4n) is 5.10. The lowest BCUT2D eigenvalue weighted by Gasteiger charge is -2.37. The number of hydrogen-bond acceptors (Lipinski definition) is 7. The summed E-state index contributed by atoms with van der Waals surface area (Å²) in [6, 6.07) is 7.91. The van der Waals surface area contributed by atoms with Crippen LogP contribution in [-0.4, -0.2) is 85.6 Å². The summed E-state index contributed by atoms with van der Waals surface area (Å²) < 4.78 is 36.5. The molecule has 0 bridgehead atoms. The number of carbonyl (C=O) groups is 1. The van der Waals surface area contributed by atoms with Gasteiger partial charge in [-0.15, -0.1) is 0 Å². The molecule has 0 unspecified atom stereocenters. The molecule has 5 rings (SSSR count). The molecule has 9 heteroatoms. The van der Waals surface area contributed by atoms with E-state index in [4.69, 9.17) is 9.47 Å². The molecule has 3 aliphatic rings. The van der Waals surface area contributed by atoms with Crippen molar-refractivity contribution in [2.75, 3.05) is 51.0 Å². The number of aryl methyl sites for hydroxylation is 1. The van der Waals surface area contributed by atoms with E-state index in [9.17, 15) is 13.2 Å². The van der Waals surface area contributed by atoms with Gasteiger partial charge in [0.25, 0.3) is 0 Å². The maximum atomic E-state index is 13.1. The third kappa shape index (κ3) is 4.04. The Hall–Kier alpha value is -2.36. The Kier molecular flexibility index (Phi) is 5.51. The zero-order valence-corrected chi connectivity index (χ0v) is 19.4. The van der Waals surface area contributed by atoms with Crippen LogP contribution in [0.2, 0.25) is 0 Å². The van der Waals surface area contributed by atoms with Crippen LogP contribution in [0.1, 0.15) is 28.2 Å². The van der Waals surface area contributed by atoms with Gasteiger partial charge in [-0.2, -0.15) is 0 Å². The molecule has 2 saturated heterocycles. The van der Waals surface area contributed by atoms with Crippen LogP contribution < -0.4 is 9.47 Å². The smallest absolute Gasteiger partial charge is 0.231 e. The number of ether oxygens (including phenoxy) is 2. The summed E-state index contributed by atoms with van der Waals surface area (Å²) in [6.45, 7) is 7.77. The van der Waals surface area contributed by atoms with Crippen molar-refractivity contribution >= 4 is 15.6 Å². The van der Waals surface area contributed by atoms with Gasteiger partial charge in [0.15, 0.2) is 27.1 Å². The van der Waals surface area contributed by atoms with E-state index in [1.807, 2.05) is 38.1 Å². The molecule has 172 valence electrons. The average Bonchev–Trinajstić information content (AvgIpc) is 3.45. The Balaban J connectivity index is 1.24. The third-order valence-corrected chi connectivity index (χ3v) is 8.60. The van der Waals surface area contributed by atoms with Crippen LogP contribution in [0, 0.1) is 13.8 Å². The molecule has 8 nitrogen and oxygen atoms in total. The van der Waals surface area contributed by atoms with Crippen LogP contribution in [0.4, 0.5) is 0 Å². The van der Waals surface area contributed by atoms with Crippen molar-refractivity contribution in [2.24, 2.45) is 0 Å². The molecule has 3 aliphatic heterocycles. The second kappa shape index (κ2) is 8.20. The quantitative estimate of drug-likeness (QED) is 0.631. The zero-order valence-electron chi connectivity index (χ0n) is 18.5. The van der Waals surface area contributed by atoms with Gasteiger partial charge in [-0.3, -0.25) is 14.6 Å². The minimum Gasteiger partial charge on any atom is -0.454 e. The number of aromatic nitrogens is 1. The maximum absolute atomic E-state index is 13.1. The van der Waals surface area contributed by atoms with Crippen LogP contribution >= 0.6 is 0 Å². The molecule has 2 aromatic rings. The van der Waals surface area contributed by atoms with E-state index in [0.29, 0.717) is 12.3 Å². The zero-order chi connectivity index (χ0) is 22.5. The molecular formula is C23H29N3O5S. The van der Waals surface area contributed by atoms with E-state index in [0.717, 1.165) is 66.7 Å². The highest BCUT2D eigenvalue weighted by atomic mass is 32.2. The van der Waals surface area contributed by atoms with Crippen molar-refractivity contribution in [1.82, 2.24) is 14.4 Å². The monoisotopic (exact) mass is 459 g/mol. The van der Waals surface area contributed by atoms with Crippen molar-refractivity contribution in [3.8, 4) is 17.2 Å². The van der Waals surface area contributed by atoms with Gasteiger partial charge in [0.1, 0.15) is 0 Å². The molecule has 1 atom stereocenters. The summed E-state index contributed by atoms with van der Waals surface area (Å²) in [7, 11) is -2.87. The molecular weight excluding hydrogens is 430 g/mol. The summed E-state index contributed by atoms with van der Waals surface area (Å²) in [6.07, 6.45) is 0.729. The van der Waals surface area contributed by atoms with E-state index in [-0.39, 0.29) is 24.4 Å². The molecule has 0 amide bonds. The second-order valence-electron chi connectivity index (χ2n) is 8.95. The lowest BCUT2D eigenvalue weighted by molar-refractivity contribution is 0.0796. The molecule has 0 aliphatic carbocycles. The van der Waals surface area contributed by atoms with Gasteiger partial charge < -0.3 is 14.0 Å². The average molecular weight is 460 g/mol. The number of sulfone groups is 1. The summed E-state index contributed by atoms with van der Waals surface area (Å²) >= 11 is 0. The van der Waals surface area contributed by atoms with E-state index in [2.05, 4.69) is 14.4 Å². The number of ketones is 1. The minimum atomic E-state index is -2.87. The predicted octanol–water partition coefficient (Wildman–Crippen LogP) is 1.81. The van der Waals surface area contributed by atoms with Gasteiger partial charge in [-0.05, 0) is 38.5 Å². The summed E-state index contributed by atoms with van der Waals surface area (Å²) in [4.78, 5) is 17.6. The largest absolute Gasteiger partial charge is 0.454 e. The third-order valence-electron chi connectivity index (χ3n) is 6.84. The van der Waals surface area contributed by atoms with Crippen LogP contribution in [-0.2, 0) is 9.84 Å². The van der Waals surface area contributed by atoms with Crippen LogP contribution in [0.25, 0.3) is 5.69 Å². The van der Waals surface area contributed by atoms with Crippen molar-refractivity contribution < 1.29 is 22.7 Å². The number of nitrogens with zero attached hydrogens (tertiary/aromatic N) is 3. The second-order valence-corrected chi connectivity index (χ2v) is 11.2. The number of fused-ring (bicyclic) bond motifs is 1. The molecule has 32 heavy (non-hydrogen) atoms. The molecule has 0 spiro atoms. The van der Waals surface area contributed by atoms with Crippen LogP contribution in [0.5, 0.6) is 11.5 Å². The summed E-state index contributed by atoms with van der Waals surface area (Å²) in [5, 5.41) is 0. The number of benzene rings is 1. The molecule has 1 aromatic heterocycles. The van der Waals surface area contributed by atoms with Crippen molar-refractivity contribution in [2.45, 2.75) is 26.3 Å². The first kappa shape index (κ1) is 21.5. The topological polar surface area (TPSA) is 81.1 Å². The van der Waals surface area contributed by atoms with Crippen molar-refractivity contribution in [3.63, 3.8) is 0 Å². The number of piperazine rings is 1. The van der Waals surface area contributed by atoms with Crippen molar-refractivity contribution in [3.05, 3.63) is 41.2 Å². The van der Waals surface area contributed by atoms with Crippen LogP contribution in [0.15, 0.2) is 24.3 Å². The SMILES string of the molecule is Cc1cc(C(=O)CN2CCN([C@H]3CCS(=O)(=O)C3)CC2)c(C)n1-c1ccc2c(c1)OCO2. The number of rotatable bonds is 5. The first-order chi connectivity index (χ1) is 15.3. The first-order valence-electron chi connectivity index (χ1n) is 11.1. The molecule has 0 N–H and O–H groups in total. The molecule has 4 heterocycles. The van der Waals surface area contributed by atoms with E-state index in [1.54, 1.807) is 0 Å². The maximum Gasteiger partial charge on any atom is 0.231 e. The molecule has 0 saturated carbocycles. The predicted molar refractivity (Wildman–Crippen MR) is 121 cm³/mol. The fourth-order valence-corrected chi connectivity index (χ4v) is 6.87. The van der Waals surface area contributed by atoms with E-state index in [1.165, 1.54) is 0 Å². The lowest BCUT2D eigenvalue weighted by Crippen LogP contribution is -2.51. The Bertz CT molecular complexity index is 1150. The van der Waals surface area contributed by atoms with Gasteiger partial charge in [-0.25, -0.2) is 8.42 Å². The fraction of sp³-hybridized carbons (Fsp3) is 0.522. The highest BCUT2D eigenvalue weighted by Crippen LogP contribution is 2.35. The van der Waals surface area contributed by atoms with Gasteiger partial charge in [-0.1, -0.05) is 0 Å². The van der Waals surface area contributed by atoms with E-state index < -0.39 is 9.84 Å². The Labute approximate surface area is 188 Å². The van der Waals surface area contributed by atoms with Gasteiger partial charge in [0.2, 0.25) is 6.79 Å². The van der Waals surface area contributed by atoms with Gasteiger partial charge in [0.05, 0.1) is 18.1 Å². The van der Waals surface area contributed by atoms with E-state index >= 15 is 0 Å². The molecule has 0 radical (unpaired) electrons. The normalized spacial score (nSPS) is 23.0. The Morgan fingerprint density at radius 2 is 1.81 bits per heavy atom. The summed E-state index contributed by atoms with van der Waals surface area (Å²) in [5.41, 5.74) is 3.60. The number of Topliss-reactive ketones (excluding diaryl/α,β-unsaturated/α-hetero) is 1. The summed E-state index contributed by atoms with van der Waals surface area (Å²) in [5.74, 6) is 2.15. The van der Waals surface area contributed by atoms with Gasteiger partial charge >= 0.3 is 0 Å². The molecule has 1 aromatic carbocycles. The highest BCUT2D eigenvalue weighted by molar-refractivity contribution is 7.91.